The van der Waals surface area contributed by atoms with E-state index in [1.807, 2.05) is 36.4 Å². The van der Waals surface area contributed by atoms with E-state index in [2.05, 4.69) is 34.3 Å². The van der Waals surface area contributed by atoms with Crippen molar-refractivity contribution in [2.45, 2.75) is 0 Å². The van der Waals surface area contributed by atoms with Gasteiger partial charge < -0.3 is 0 Å². The molecule has 4 rings (SSSR count). The summed E-state index contributed by atoms with van der Waals surface area (Å²) < 4.78 is 1.70. The molecule has 0 bridgehead atoms. The molecule has 0 aliphatic carbocycles. The smallest absolute Gasteiger partial charge is 0.163 e. The highest BCUT2D eigenvalue weighted by Crippen LogP contribution is 2.28. The van der Waals surface area contributed by atoms with Gasteiger partial charge in [0.25, 0.3) is 0 Å². The second kappa shape index (κ2) is 4.83. The molecule has 0 spiro atoms. The highest BCUT2D eigenvalue weighted by molar-refractivity contribution is 5.87. The lowest BCUT2D eigenvalue weighted by atomic mass is 10.0. The van der Waals surface area contributed by atoms with Crippen LogP contribution in [0.3, 0.4) is 0 Å². The van der Waals surface area contributed by atoms with Crippen LogP contribution in [0.15, 0.2) is 73.3 Å². The minimum absolute atomic E-state index is 0.789. The lowest BCUT2D eigenvalue weighted by Crippen LogP contribution is -2.01. The SMILES string of the molecule is c1ccc(-c2cc3ccccc3nc2-n2cncn2)cc1. The molecular formula is C17H12N4. The number of benzene rings is 2. The lowest BCUT2D eigenvalue weighted by molar-refractivity contribution is 0.853. The average Bonchev–Trinajstić information content (AvgIpc) is 3.09. The van der Waals surface area contributed by atoms with Crippen LogP contribution in [0.2, 0.25) is 0 Å². The van der Waals surface area contributed by atoms with Crippen molar-refractivity contribution >= 4 is 10.9 Å². The molecule has 0 atom stereocenters. The maximum absolute atomic E-state index is 4.75. The zero-order valence-electron chi connectivity index (χ0n) is 11.2. The van der Waals surface area contributed by atoms with E-state index in [4.69, 9.17) is 4.98 Å². The van der Waals surface area contributed by atoms with E-state index in [1.165, 1.54) is 6.33 Å². The Hall–Kier alpha value is -3.01. The topological polar surface area (TPSA) is 43.6 Å². The maximum atomic E-state index is 4.75. The molecule has 0 radical (unpaired) electrons. The number of nitrogens with zero attached hydrogens (tertiary/aromatic N) is 4. The molecule has 4 heteroatoms. The van der Waals surface area contributed by atoms with E-state index in [0.717, 1.165) is 27.8 Å². The summed E-state index contributed by atoms with van der Waals surface area (Å²) in [5.74, 6) is 0.789. The first kappa shape index (κ1) is 11.8. The minimum Gasteiger partial charge on any atom is -0.228 e. The fourth-order valence-corrected chi connectivity index (χ4v) is 2.43. The summed E-state index contributed by atoms with van der Waals surface area (Å²) >= 11 is 0. The third-order valence-electron chi connectivity index (χ3n) is 3.42. The lowest BCUT2D eigenvalue weighted by Gasteiger charge is -2.10. The first-order valence-corrected chi connectivity index (χ1v) is 6.72. The molecular weight excluding hydrogens is 260 g/mol. The van der Waals surface area contributed by atoms with E-state index in [1.54, 1.807) is 11.0 Å². The average molecular weight is 272 g/mol. The van der Waals surface area contributed by atoms with Crippen LogP contribution in [0, 0.1) is 0 Å². The summed E-state index contributed by atoms with van der Waals surface area (Å²) in [6, 6.07) is 20.4. The predicted octanol–water partition coefficient (Wildman–Crippen LogP) is 3.48. The number of fused-ring (bicyclic) bond motifs is 1. The summed E-state index contributed by atoms with van der Waals surface area (Å²) in [7, 11) is 0. The van der Waals surface area contributed by atoms with Crippen molar-refractivity contribution in [2.24, 2.45) is 0 Å². The van der Waals surface area contributed by atoms with Gasteiger partial charge in [-0.3, -0.25) is 0 Å². The van der Waals surface area contributed by atoms with Crippen LogP contribution in [0.5, 0.6) is 0 Å². The zero-order valence-corrected chi connectivity index (χ0v) is 11.2. The van der Waals surface area contributed by atoms with Crippen molar-refractivity contribution in [1.29, 1.82) is 0 Å². The van der Waals surface area contributed by atoms with E-state index in [9.17, 15) is 0 Å². The quantitative estimate of drug-likeness (QED) is 0.561. The Morgan fingerprint density at radius 3 is 2.48 bits per heavy atom. The van der Waals surface area contributed by atoms with Crippen molar-refractivity contribution < 1.29 is 0 Å². The van der Waals surface area contributed by atoms with Crippen LogP contribution in [0.25, 0.3) is 27.8 Å². The van der Waals surface area contributed by atoms with Crippen LogP contribution in [0.1, 0.15) is 0 Å². The molecule has 21 heavy (non-hydrogen) atoms. The Morgan fingerprint density at radius 2 is 1.67 bits per heavy atom. The van der Waals surface area contributed by atoms with Gasteiger partial charge in [-0.15, -0.1) is 0 Å². The van der Waals surface area contributed by atoms with E-state index < -0.39 is 0 Å². The number of hydrogen-bond acceptors (Lipinski definition) is 3. The molecule has 100 valence electrons. The fourth-order valence-electron chi connectivity index (χ4n) is 2.43. The normalized spacial score (nSPS) is 10.9. The van der Waals surface area contributed by atoms with E-state index in [-0.39, 0.29) is 0 Å². The fraction of sp³-hybridized carbons (Fsp3) is 0. The molecule has 0 N–H and O–H groups in total. The zero-order chi connectivity index (χ0) is 14.1. The standard InChI is InChI=1S/C17H12N4/c1-2-6-13(7-3-1)15-10-14-8-4-5-9-16(14)20-17(15)21-12-18-11-19-21/h1-12H. The highest BCUT2D eigenvalue weighted by Gasteiger charge is 2.11. The number of aromatic nitrogens is 4. The van der Waals surface area contributed by atoms with Crippen LogP contribution >= 0.6 is 0 Å². The van der Waals surface area contributed by atoms with Gasteiger partial charge in [0.2, 0.25) is 0 Å². The second-order valence-electron chi connectivity index (χ2n) is 4.76. The van der Waals surface area contributed by atoms with Crippen molar-refractivity contribution in [1.82, 2.24) is 19.7 Å². The summed E-state index contributed by atoms with van der Waals surface area (Å²) in [6.07, 6.45) is 3.19. The molecule has 2 aromatic carbocycles. The van der Waals surface area contributed by atoms with Crippen LogP contribution < -0.4 is 0 Å². The van der Waals surface area contributed by atoms with Gasteiger partial charge in [0.05, 0.1) is 5.52 Å². The maximum Gasteiger partial charge on any atom is 0.163 e. The Labute approximate surface area is 121 Å². The molecule has 2 heterocycles. The molecule has 4 nitrogen and oxygen atoms in total. The molecule has 4 aromatic rings. The van der Waals surface area contributed by atoms with Crippen molar-refractivity contribution in [3.05, 3.63) is 73.3 Å². The molecule has 0 saturated carbocycles. The first-order valence-electron chi connectivity index (χ1n) is 6.72. The number of para-hydroxylation sites is 1. The van der Waals surface area contributed by atoms with Gasteiger partial charge in [0.1, 0.15) is 12.7 Å². The first-order chi connectivity index (χ1) is 10.4. The highest BCUT2D eigenvalue weighted by atomic mass is 15.3. The van der Waals surface area contributed by atoms with Crippen LogP contribution in [0.4, 0.5) is 0 Å². The molecule has 2 aromatic heterocycles. The molecule has 0 saturated heterocycles. The summed E-state index contributed by atoms with van der Waals surface area (Å²) in [5.41, 5.74) is 3.10. The minimum atomic E-state index is 0.789. The molecule has 0 fully saturated rings. The van der Waals surface area contributed by atoms with Crippen LogP contribution in [-0.4, -0.2) is 19.7 Å². The third kappa shape index (κ3) is 2.07. The third-order valence-corrected chi connectivity index (χ3v) is 3.42. The van der Waals surface area contributed by atoms with Gasteiger partial charge in [0, 0.05) is 10.9 Å². The van der Waals surface area contributed by atoms with Crippen molar-refractivity contribution in [2.75, 3.05) is 0 Å². The predicted molar refractivity (Wildman–Crippen MR) is 82.1 cm³/mol. The second-order valence-corrected chi connectivity index (χ2v) is 4.76. The van der Waals surface area contributed by atoms with Gasteiger partial charge in [-0.2, -0.15) is 5.10 Å². The monoisotopic (exact) mass is 272 g/mol. The Kier molecular flexibility index (Phi) is 2.71. The van der Waals surface area contributed by atoms with Gasteiger partial charge in [-0.25, -0.2) is 14.6 Å². The van der Waals surface area contributed by atoms with Gasteiger partial charge in [-0.05, 0) is 17.7 Å². The Morgan fingerprint density at radius 1 is 0.857 bits per heavy atom. The van der Waals surface area contributed by atoms with E-state index >= 15 is 0 Å². The molecule has 0 unspecified atom stereocenters. The van der Waals surface area contributed by atoms with E-state index in [0.29, 0.717) is 0 Å². The van der Waals surface area contributed by atoms with Crippen molar-refractivity contribution in [3.63, 3.8) is 0 Å². The number of rotatable bonds is 2. The van der Waals surface area contributed by atoms with Crippen LogP contribution in [-0.2, 0) is 0 Å². The van der Waals surface area contributed by atoms with Crippen molar-refractivity contribution in [3.8, 4) is 16.9 Å². The summed E-state index contributed by atoms with van der Waals surface area (Å²) in [5, 5.41) is 5.33. The number of hydrogen-bond donors (Lipinski definition) is 0. The Balaban J connectivity index is 2.05. The molecule has 0 aliphatic rings. The molecule has 0 aliphatic heterocycles. The summed E-state index contributed by atoms with van der Waals surface area (Å²) in [6.45, 7) is 0. The molecule has 0 amide bonds. The summed E-state index contributed by atoms with van der Waals surface area (Å²) in [4.78, 5) is 8.78. The van der Waals surface area contributed by atoms with Gasteiger partial charge in [0.15, 0.2) is 5.82 Å². The largest absolute Gasteiger partial charge is 0.228 e. The van der Waals surface area contributed by atoms with Gasteiger partial charge in [-0.1, -0.05) is 48.5 Å². The number of pyridine rings is 1. The Bertz CT molecular complexity index is 883. The van der Waals surface area contributed by atoms with Gasteiger partial charge >= 0.3 is 0 Å².